The summed E-state index contributed by atoms with van der Waals surface area (Å²) in [4.78, 5) is 22.3. The van der Waals surface area contributed by atoms with Crippen LogP contribution in [0.1, 0.15) is 163 Å². The molecule has 6 heteroatoms. The Balaban J connectivity index is 0. The summed E-state index contributed by atoms with van der Waals surface area (Å²) in [5.74, 6) is -2.10. The minimum absolute atomic E-state index is 0.397. The predicted octanol–water partition coefficient (Wildman–Crippen LogP) is 7.88. The normalized spacial score (nSPS) is 13.1. The number of rotatable bonds is 23. The maximum Gasteiger partial charge on any atom is 0.335 e. The fraction of sp³-hybridized carbons (Fsp3) is 0.931. The van der Waals surface area contributed by atoms with Crippen molar-refractivity contribution in [3.8, 4) is 0 Å². The maximum absolute atomic E-state index is 11.2. The fourth-order valence-corrected chi connectivity index (χ4v) is 4.23. The molecule has 0 heterocycles. The number of unbranched alkanes of at least 4 members (excludes halogenated alkanes) is 13. The van der Waals surface area contributed by atoms with Crippen LogP contribution in [0.3, 0.4) is 0 Å². The van der Waals surface area contributed by atoms with Crippen LogP contribution in [0.25, 0.3) is 0 Å². The summed E-state index contributed by atoms with van der Waals surface area (Å²) < 4.78 is 0. The van der Waals surface area contributed by atoms with Crippen LogP contribution in [0, 0.1) is 0 Å². The van der Waals surface area contributed by atoms with Gasteiger partial charge in [0.1, 0.15) is 0 Å². The molecule has 0 aliphatic rings. The van der Waals surface area contributed by atoms with E-state index in [9.17, 15) is 19.8 Å². The van der Waals surface area contributed by atoms with Gasteiger partial charge in [0.25, 0.3) is 0 Å². The second kappa shape index (κ2) is 23.3. The molecular formula is C29H58O6. The molecule has 0 spiro atoms. The van der Waals surface area contributed by atoms with E-state index < -0.39 is 23.1 Å². The van der Waals surface area contributed by atoms with Gasteiger partial charge in [-0.3, -0.25) is 0 Å². The summed E-state index contributed by atoms with van der Waals surface area (Å²) in [6, 6.07) is 0. The van der Waals surface area contributed by atoms with Gasteiger partial charge in [0.2, 0.25) is 0 Å². The highest BCUT2D eigenvalue weighted by Gasteiger charge is 2.35. The number of hydrogen-bond donors (Lipinski definition) is 4. The Morgan fingerprint density at radius 2 is 0.629 bits per heavy atom. The maximum atomic E-state index is 11.2. The van der Waals surface area contributed by atoms with Gasteiger partial charge >= 0.3 is 11.9 Å². The van der Waals surface area contributed by atoms with Crippen LogP contribution >= 0.6 is 0 Å². The molecule has 0 amide bonds. The van der Waals surface area contributed by atoms with E-state index in [4.69, 9.17) is 10.2 Å². The van der Waals surface area contributed by atoms with E-state index in [0.29, 0.717) is 25.7 Å². The minimum Gasteiger partial charge on any atom is -0.479 e. The lowest BCUT2D eigenvalue weighted by Gasteiger charge is -2.23. The second-order valence-corrected chi connectivity index (χ2v) is 10.3. The lowest BCUT2D eigenvalue weighted by atomic mass is 9.90. The van der Waals surface area contributed by atoms with Gasteiger partial charge in [-0.25, -0.2) is 9.59 Å². The Hall–Kier alpha value is -1.14. The molecule has 0 aromatic carbocycles. The summed E-state index contributed by atoms with van der Waals surface area (Å²) in [6.45, 7) is 8.51. The SMILES string of the molecule is CCCCCCC(O)(CCCCCC)C(=O)O.CCCCCCCC(O)(CCCCCC)C(=O)O. The van der Waals surface area contributed by atoms with E-state index in [0.717, 1.165) is 96.3 Å². The summed E-state index contributed by atoms with van der Waals surface area (Å²) >= 11 is 0. The van der Waals surface area contributed by atoms with Crippen LogP contribution in [0.5, 0.6) is 0 Å². The Morgan fingerprint density at radius 3 is 0.829 bits per heavy atom. The molecule has 0 aromatic heterocycles. The molecule has 0 radical (unpaired) electrons. The third-order valence-electron chi connectivity index (χ3n) is 6.82. The Bertz CT molecular complexity index is 495. The standard InChI is InChI=1S/C15H30O3.C14H28O3/c1-3-5-7-9-11-13-15(18,14(16)17)12-10-8-6-4-2;1-3-5-7-9-11-14(17,13(15)16)12-10-8-6-4-2/h18H,3-13H2,1-2H3,(H,16,17);17H,3-12H2,1-2H3,(H,15,16). The van der Waals surface area contributed by atoms with Crippen molar-refractivity contribution in [2.24, 2.45) is 0 Å². The number of aliphatic hydroxyl groups is 2. The molecule has 0 aliphatic carbocycles. The van der Waals surface area contributed by atoms with Crippen molar-refractivity contribution < 1.29 is 30.0 Å². The molecular weight excluding hydrogens is 444 g/mol. The zero-order valence-electron chi connectivity index (χ0n) is 23.5. The van der Waals surface area contributed by atoms with Crippen molar-refractivity contribution in [2.75, 3.05) is 0 Å². The first-order valence-electron chi connectivity index (χ1n) is 14.5. The van der Waals surface area contributed by atoms with E-state index in [-0.39, 0.29) is 0 Å². The number of hydrogen-bond acceptors (Lipinski definition) is 4. The van der Waals surface area contributed by atoms with Crippen molar-refractivity contribution in [3.05, 3.63) is 0 Å². The molecule has 0 rings (SSSR count). The topological polar surface area (TPSA) is 115 Å². The van der Waals surface area contributed by atoms with Gasteiger partial charge in [-0.1, -0.05) is 111 Å². The number of carboxylic acids is 2. The molecule has 0 aliphatic heterocycles. The van der Waals surface area contributed by atoms with Crippen molar-refractivity contribution in [2.45, 2.75) is 174 Å². The van der Waals surface area contributed by atoms with Gasteiger partial charge < -0.3 is 20.4 Å². The Morgan fingerprint density at radius 1 is 0.429 bits per heavy atom. The molecule has 6 nitrogen and oxygen atoms in total. The Labute approximate surface area is 215 Å². The number of carbonyl (C=O) groups is 2. The van der Waals surface area contributed by atoms with E-state index in [1.165, 1.54) is 12.8 Å². The largest absolute Gasteiger partial charge is 0.479 e. The molecule has 1 atom stereocenters. The molecule has 0 saturated heterocycles. The fourth-order valence-electron chi connectivity index (χ4n) is 4.23. The van der Waals surface area contributed by atoms with Crippen LogP contribution in [-0.2, 0) is 9.59 Å². The average Bonchev–Trinajstić information content (AvgIpc) is 2.82. The van der Waals surface area contributed by atoms with Crippen LogP contribution < -0.4 is 0 Å². The monoisotopic (exact) mass is 502 g/mol. The summed E-state index contributed by atoms with van der Waals surface area (Å²) in [7, 11) is 0. The van der Waals surface area contributed by atoms with E-state index in [1.807, 2.05) is 0 Å². The highest BCUT2D eigenvalue weighted by molar-refractivity contribution is 5.77. The molecule has 210 valence electrons. The Kier molecular flexibility index (Phi) is 23.9. The van der Waals surface area contributed by atoms with Crippen LogP contribution in [0.4, 0.5) is 0 Å². The van der Waals surface area contributed by atoms with Crippen molar-refractivity contribution in [3.63, 3.8) is 0 Å². The molecule has 35 heavy (non-hydrogen) atoms. The predicted molar refractivity (Wildman–Crippen MR) is 145 cm³/mol. The van der Waals surface area contributed by atoms with Gasteiger partial charge in [0.05, 0.1) is 0 Å². The summed E-state index contributed by atoms with van der Waals surface area (Å²) in [5.41, 5.74) is -2.97. The highest BCUT2D eigenvalue weighted by Crippen LogP contribution is 2.24. The van der Waals surface area contributed by atoms with Crippen LogP contribution in [0.15, 0.2) is 0 Å². The van der Waals surface area contributed by atoms with Crippen molar-refractivity contribution in [1.82, 2.24) is 0 Å². The molecule has 0 bridgehead atoms. The molecule has 0 fully saturated rings. The first-order chi connectivity index (χ1) is 16.6. The van der Waals surface area contributed by atoms with Gasteiger partial charge in [0, 0.05) is 0 Å². The third kappa shape index (κ3) is 19.7. The lowest BCUT2D eigenvalue weighted by molar-refractivity contribution is -0.161. The van der Waals surface area contributed by atoms with Crippen LogP contribution in [-0.4, -0.2) is 43.6 Å². The third-order valence-corrected chi connectivity index (χ3v) is 6.82. The van der Waals surface area contributed by atoms with Crippen LogP contribution in [0.2, 0.25) is 0 Å². The highest BCUT2D eigenvalue weighted by atomic mass is 16.4. The zero-order chi connectivity index (χ0) is 27.0. The minimum atomic E-state index is -1.49. The molecule has 1 unspecified atom stereocenters. The number of carboxylic acid groups (broad SMARTS) is 2. The van der Waals surface area contributed by atoms with Crippen molar-refractivity contribution >= 4 is 11.9 Å². The van der Waals surface area contributed by atoms with Gasteiger partial charge in [-0.15, -0.1) is 0 Å². The molecule has 4 N–H and O–H groups in total. The molecule has 0 aromatic rings. The summed E-state index contributed by atoms with van der Waals surface area (Å²) in [6.07, 6.45) is 19.2. The van der Waals surface area contributed by atoms with Gasteiger partial charge in [-0.05, 0) is 51.4 Å². The van der Waals surface area contributed by atoms with Gasteiger partial charge in [0.15, 0.2) is 11.2 Å². The zero-order valence-corrected chi connectivity index (χ0v) is 23.5. The van der Waals surface area contributed by atoms with E-state index in [1.54, 1.807) is 0 Å². The van der Waals surface area contributed by atoms with Gasteiger partial charge in [-0.2, -0.15) is 0 Å². The average molecular weight is 503 g/mol. The van der Waals surface area contributed by atoms with E-state index in [2.05, 4.69) is 27.7 Å². The lowest BCUT2D eigenvalue weighted by Crippen LogP contribution is -2.38. The van der Waals surface area contributed by atoms with Crippen molar-refractivity contribution in [1.29, 1.82) is 0 Å². The first-order valence-corrected chi connectivity index (χ1v) is 14.5. The summed E-state index contributed by atoms with van der Waals surface area (Å²) in [5, 5.41) is 38.5. The smallest absolute Gasteiger partial charge is 0.335 e. The quantitative estimate of drug-likeness (QED) is 0.106. The second-order valence-electron chi connectivity index (χ2n) is 10.3. The molecule has 0 saturated carbocycles. The van der Waals surface area contributed by atoms with E-state index >= 15 is 0 Å². The first kappa shape index (κ1) is 36.0. The number of aliphatic carboxylic acids is 2.